The lowest BCUT2D eigenvalue weighted by atomic mass is 10.1. The first kappa shape index (κ1) is 15.2. The van der Waals surface area contributed by atoms with Crippen LogP contribution in [-0.2, 0) is 6.54 Å². The molecule has 21 heavy (non-hydrogen) atoms. The second-order valence-electron chi connectivity index (χ2n) is 5.31. The van der Waals surface area contributed by atoms with Gasteiger partial charge in [-0.3, -0.25) is 0 Å². The molecule has 0 saturated carbocycles. The largest absolute Gasteiger partial charge is 0.384 e. The number of hydrogen-bond acceptors (Lipinski definition) is 2. The standard InChI is InChI=1S/C19H21NO/c1-15-9-10-19(16(2)12-15)20(3)14-18-7-4-6-17(13-18)8-5-11-21/h4,6-7,9-10,12-13,21H,11,14H2,1-3H3. The van der Waals surface area contributed by atoms with Crippen LogP contribution in [0, 0.1) is 25.7 Å². The van der Waals surface area contributed by atoms with E-state index in [1.165, 1.54) is 22.4 Å². The fourth-order valence-corrected chi connectivity index (χ4v) is 2.48. The zero-order valence-electron chi connectivity index (χ0n) is 12.9. The van der Waals surface area contributed by atoms with E-state index in [9.17, 15) is 0 Å². The normalized spacial score (nSPS) is 9.90. The van der Waals surface area contributed by atoms with Crippen molar-refractivity contribution in [2.24, 2.45) is 0 Å². The lowest BCUT2D eigenvalue weighted by Crippen LogP contribution is -2.17. The highest BCUT2D eigenvalue weighted by atomic mass is 16.2. The summed E-state index contributed by atoms with van der Waals surface area (Å²) in [6, 6.07) is 14.7. The van der Waals surface area contributed by atoms with Crippen LogP contribution in [0.2, 0.25) is 0 Å². The van der Waals surface area contributed by atoms with Crippen molar-refractivity contribution < 1.29 is 5.11 Å². The van der Waals surface area contributed by atoms with Crippen molar-refractivity contribution in [3.63, 3.8) is 0 Å². The molecule has 2 rings (SSSR count). The number of aliphatic hydroxyl groups is 1. The van der Waals surface area contributed by atoms with Crippen molar-refractivity contribution in [3.8, 4) is 11.8 Å². The molecule has 0 saturated heterocycles. The molecule has 0 spiro atoms. The molecular formula is C19H21NO. The zero-order valence-corrected chi connectivity index (χ0v) is 12.9. The summed E-state index contributed by atoms with van der Waals surface area (Å²) in [6.07, 6.45) is 0. The molecule has 0 aliphatic carbocycles. The van der Waals surface area contributed by atoms with E-state index in [1.807, 2.05) is 12.1 Å². The first-order valence-electron chi connectivity index (χ1n) is 7.07. The SMILES string of the molecule is Cc1ccc(N(C)Cc2cccc(C#CCO)c2)c(C)c1. The summed E-state index contributed by atoms with van der Waals surface area (Å²) in [5, 5.41) is 8.76. The van der Waals surface area contributed by atoms with Crippen molar-refractivity contribution in [1.82, 2.24) is 0 Å². The number of rotatable bonds is 3. The monoisotopic (exact) mass is 279 g/mol. The highest BCUT2D eigenvalue weighted by Crippen LogP contribution is 2.21. The minimum Gasteiger partial charge on any atom is -0.384 e. The maximum atomic E-state index is 8.76. The van der Waals surface area contributed by atoms with Crippen LogP contribution < -0.4 is 4.90 Å². The van der Waals surface area contributed by atoms with Gasteiger partial charge in [-0.15, -0.1) is 0 Å². The molecule has 0 unspecified atom stereocenters. The Morgan fingerprint density at radius 1 is 1.10 bits per heavy atom. The second-order valence-corrected chi connectivity index (χ2v) is 5.31. The minimum atomic E-state index is -0.104. The van der Waals surface area contributed by atoms with Crippen LogP contribution in [0.25, 0.3) is 0 Å². The summed E-state index contributed by atoms with van der Waals surface area (Å²) < 4.78 is 0. The van der Waals surface area contributed by atoms with E-state index >= 15 is 0 Å². The van der Waals surface area contributed by atoms with Crippen molar-refractivity contribution >= 4 is 5.69 Å². The highest BCUT2D eigenvalue weighted by molar-refractivity contribution is 5.54. The number of aliphatic hydroxyl groups excluding tert-OH is 1. The van der Waals surface area contributed by atoms with Crippen LogP contribution in [0.15, 0.2) is 42.5 Å². The van der Waals surface area contributed by atoms with Crippen molar-refractivity contribution in [3.05, 3.63) is 64.7 Å². The number of nitrogens with zero attached hydrogens (tertiary/aromatic N) is 1. The molecule has 0 radical (unpaired) electrons. The van der Waals surface area contributed by atoms with Gasteiger partial charge in [0, 0.05) is 24.8 Å². The molecule has 2 aromatic rings. The van der Waals surface area contributed by atoms with Crippen molar-refractivity contribution in [2.45, 2.75) is 20.4 Å². The number of hydrogen-bond donors (Lipinski definition) is 1. The predicted octanol–water partition coefficient (Wildman–Crippen LogP) is 3.28. The van der Waals surface area contributed by atoms with Gasteiger partial charge < -0.3 is 10.0 Å². The lowest BCUT2D eigenvalue weighted by molar-refractivity contribution is 0.350. The number of anilines is 1. The first-order valence-corrected chi connectivity index (χ1v) is 7.07. The van der Waals surface area contributed by atoms with E-state index in [0.717, 1.165) is 12.1 Å². The molecular weight excluding hydrogens is 258 g/mol. The highest BCUT2D eigenvalue weighted by Gasteiger charge is 2.05. The molecule has 0 aliphatic heterocycles. The third-order valence-corrected chi connectivity index (χ3v) is 3.42. The van der Waals surface area contributed by atoms with Gasteiger partial charge in [0.15, 0.2) is 0 Å². The fraction of sp³-hybridized carbons (Fsp3) is 0.263. The van der Waals surface area contributed by atoms with Gasteiger partial charge in [0.1, 0.15) is 6.61 Å². The number of aryl methyl sites for hydroxylation is 2. The zero-order chi connectivity index (χ0) is 15.2. The molecule has 0 fully saturated rings. The maximum absolute atomic E-state index is 8.76. The van der Waals surface area contributed by atoms with Crippen molar-refractivity contribution in [2.75, 3.05) is 18.6 Å². The van der Waals surface area contributed by atoms with Crippen LogP contribution in [0.5, 0.6) is 0 Å². The van der Waals surface area contributed by atoms with Gasteiger partial charge in [-0.05, 0) is 43.2 Å². The van der Waals surface area contributed by atoms with E-state index in [-0.39, 0.29) is 6.61 Å². The van der Waals surface area contributed by atoms with Gasteiger partial charge >= 0.3 is 0 Å². The molecule has 2 nitrogen and oxygen atoms in total. The topological polar surface area (TPSA) is 23.5 Å². The third-order valence-electron chi connectivity index (χ3n) is 3.42. The van der Waals surface area contributed by atoms with Crippen molar-refractivity contribution in [1.29, 1.82) is 0 Å². The molecule has 108 valence electrons. The summed E-state index contributed by atoms with van der Waals surface area (Å²) in [6.45, 7) is 4.98. The van der Waals surface area contributed by atoms with E-state index in [4.69, 9.17) is 5.11 Å². The van der Waals surface area contributed by atoms with Gasteiger partial charge in [-0.25, -0.2) is 0 Å². The minimum absolute atomic E-state index is 0.104. The molecule has 0 amide bonds. The van der Waals surface area contributed by atoms with Crippen LogP contribution in [0.1, 0.15) is 22.3 Å². The summed E-state index contributed by atoms with van der Waals surface area (Å²) in [5.41, 5.74) is 5.96. The first-order chi connectivity index (χ1) is 10.1. The quantitative estimate of drug-likeness (QED) is 0.872. The Kier molecular flexibility index (Phi) is 5.03. The molecule has 0 aliphatic rings. The predicted molar refractivity (Wildman–Crippen MR) is 88.4 cm³/mol. The third kappa shape index (κ3) is 4.11. The Labute approximate surface area is 127 Å². The summed E-state index contributed by atoms with van der Waals surface area (Å²) >= 11 is 0. The van der Waals surface area contributed by atoms with E-state index in [1.54, 1.807) is 0 Å². The maximum Gasteiger partial charge on any atom is 0.104 e. The Bertz CT molecular complexity index is 679. The molecule has 2 aromatic carbocycles. The van der Waals surface area contributed by atoms with Gasteiger partial charge in [-0.2, -0.15) is 0 Å². The Morgan fingerprint density at radius 3 is 2.62 bits per heavy atom. The average Bonchev–Trinajstić information content (AvgIpc) is 2.45. The molecule has 0 atom stereocenters. The molecule has 2 heteroatoms. The van der Waals surface area contributed by atoms with Gasteiger partial charge in [0.2, 0.25) is 0 Å². The van der Waals surface area contributed by atoms with Crippen LogP contribution >= 0.6 is 0 Å². The molecule has 0 aromatic heterocycles. The Hall–Kier alpha value is -2.24. The number of benzene rings is 2. The fourth-order valence-electron chi connectivity index (χ4n) is 2.48. The molecule has 0 heterocycles. The van der Waals surface area contributed by atoms with Crippen LogP contribution in [0.3, 0.4) is 0 Å². The summed E-state index contributed by atoms with van der Waals surface area (Å²) in [7, 11) is 2.10. The van der Waals surface area contributed by atoms with Gasteiger partial charge in [0.25, 0.3) is 0 Å². The summed E-state index contributed by atoms with van der Waals surface area (Å²) in [4.78, 5) is 2.24. The Morgan fingerprint density at radius 2 is 1.90 bits per heavy atom. The van der Waals surface area contributed by atoms with Gasteiger partial charge in [-0.1, -0.05) is 41.7 Å². The molecule has 0 bridgehead atoms. The summed E-state index contributed by atoms with van der Waals surface area (Å²) in [5.74, 6) is 5.63. The van der Waals surface area contributed by atoms with E-state index in [2.05, 4.69) is 68.0 Å². The smallest absolute Gasteiger partial charge is 0.104 e. The van der Waals surface area contributed by atoms with E-state index in [0.29, 0.717) is 0 Å². The van der Waals surface area contributed by atoms with Crippen LogP contribution in [0.4, 0.5) is 5.69 Å². The average molecular weight is 279 g/mol. The lowest BCUT2D eigenvalue weighted by Gasteiger charge is -2.22. The van der Waals surface area contributed by atoms with Crippen LogP contribution in [-0.4, -0.2) is 18.8 Å². The molecule has 1 N–H and O–H groups in total. The Balaban J connectivity index is 2.17. The van der Waals surface area contributed by atoms with E-state index < -0.39 is 0 Å². The second kappa shape index (κ2) is 6.97. The van der Waals surface area contributed by atoms with Gasteiger partial charge in [0.05, 0.1) is 0 Å².